The van der Waals surface area contributed by atoms with Crippen LogP contribution < -0.4 is 5.73 Å². The molecule has 0 radical (unpaired) electrons. The Hall–Kier alpha value is -1.52. The molecule has 0 bridgehead atoms. The third-order valence-electron chi connectivity index (χ3n) is 3.41. The molecule has 0 spiro atoms. The van der Waals surface area contributed by atoms with Crippen LogP contribution in [0.1, 0.15) is 28.8 Å². The largest absolute Gasteiger partial charge is 0.379 e. The van der Waals surface area contributed by atoms with Gasteiger partial charge in [0.15, 0.2) is 5.17 Å². The van der Waals surface area contributed by atoms with Crippen molar-refractivity contribution in [1.82, 2.24) is 0 Å². The van der Waals surface area contributed by atoms with Crippen molar-refractivity contribution < 1.29 is 4.39 Å². The van der Waals surface area contributed by atoms with Crippen molar-refractivity contribution in [3.63, 3.8) is 0 Å². The molecule has 0 fully saturated rings. The van der Waals surface area contributed by atoms with Gasteiger partial charge in [-0.2, -0.15) is 0 Å². The lowest BCUT2D eigenvalue weighted by Gasteiger charge is -2.26. The van der Waals surface area contributed by atoms with Gasteiger partial charge in [-0.3, -0.25) is 4.99 Å². The van der Waals surface area contributed by atoms with Gasteiger partial charge in [-0.25, -0.2) is 4.39 Å². The van der Waals surface area contributed by atoms with Crippen LogP contribution in [0.3, 0.4) is 0 Å². The molecule has 0 aliphatic carbocycles. The maximum absolute atomic E-state index is 13.0. The van der Waals surface area contributed by atoms with Gasteiger partial charge < -0.3 is 5.73 Å². The summed E-state index contributed by atoms with van der Waals surface area (Å²) in [5, 5.41) is 0.892. The molecule has 1 aliphatic rings. The minimum atomic E-state index is -0.226. The molecular formula is C16H16ClFN2S. The second-order valence-electron chi connectivity index (χ2n) is 4.79. The highest BCUT2D eigenvalue weighted by Crippen LogP contribution is 2.42. The van der Waals surface area contributed by atoms with Gasteiger partial charge in [-0.05, 0) is 29.7 Å². The number of benzene rings is 2. The topological polar surface area (TPSA) is 38.4 Å². The summed E-state index contributed by atoms with van der Waals surface area (Å²) in [7, 11) is 0. The minimum absolute atomic E-state index is 0. The van der Waals surface area contributed by atoms with Gasteiger partial charge in [-0.15, -0.1) is 12.4 Å². The summed E-state index contributed by atoms with van der Waals surface area (Å²) in [6.45, 7) is 0. The number of rotatable bonds is 2. The Morgan fingerprint density at radius 1 is 1.00 bits per heavy atom. The monoisotopic (exact) mass is 322 g/mol. The molecule has 0 amide bonds. The van der Waals surface area contributed by atoms with Crippen LogP contribution in [0.25, 0.3) is 0 Å². The summed E-state index contributed by atoms with van der Waals surface area (Å²) in [5.41, 5.74) is 8.22. The lowest BCUT2D eigenvalue weighted by molar-refractivity contribution is 0.616. The van der Waals surface area contributed by atoms with Crippen molar-refractivity contribution in [1.29, 1.82) is 0 Å². The second-order valence-corrected chi connectivity index (χ2v) is 6.01. The Kier molecular flexibility index (Phi) is 5.26. The van der Waals surface area contributed by atoms with E-state index in [0.29, 0.717) is 10.4 Å². The van der Waals surface area contributed by atoms with E-state index in [1.807, 2.05) is 18.2 Å². The molecular weight excluding hydrogens is 307 g/mol. The molecule has 2 N–H and O–H groups in total. The highest BCUT2D eigenvalue weighted by atomic mass is 35.5. The Balaban J connectivity index is 0.00000161. The zero-order valence-corrected chi connectivity index (χ0v) is 12.9. The van der Waals surface area contributed by atoms with Crippen LogP contribution in [-0.4, -0.2) is 5.17 Å². The standard InChI is InChI=1S/C16H15FN2S.ClH/c17-13-8-6-11(7-9-13)14-10-15(20-16(18)19-14)12-4-2-1-3-5-12;/h1-9,14-15H,10H2,(H2,18,19);1H/t14-,15+;/m0./s1. The first-order chi connectivity index (χ1) is 9.72. The fraction of sp³-hybridized carbons (Fsp3) is 0.188. The molecule has 1 aliphatic heterocycles. The number of nitrogens with zero attached hydrogens (tertiary/aromatic N) is 1. The van der Waals surface area contributed by atoms with Crippen LogP contribution in [-0.2, 0) is 0 Å². The number of thioether (sulfide) groups is 1. The van der Waals surface area contributed by atoms with Crippen LogP contribution in [0.2, 0.25) is 0 Å². The molecule has 21 heavy (non-hydrogen) atoms. The average Bonchev–Trinajstić information content (AvgIpc) is 2.48. The Morgan fingerprint density at radius 2 is 1.67 bits per heavy atom. The smallest absolute Gasteiger partial charge is 0.155 e. The highest BCUT2D eigenvalue weighted by Gasteiger charge is 2.25. The van der Waals surface area contributed by atoms with Gasteiger partial charge in [0.1, 0.15) is 5.82 Å². The van der Waals surface area contributed by atoms with Crippen molar-refractivity contribution in [2.45, 2.75) is 17.7 Å². The Labute approximate surface area is 134 Å². The summed E-state index contributed by atoms with van der Waals surface area (Å²) in [5.74, 6) is -0.226. The SMILES string of the molecule is Cl.NC1=N[C@H](c2ccc(F)cc2)C[C@H](c2ccccc2)S1. The first-order valence-corrected chi connectivity index (χ1v) is 7.40. The van der Waals surface area contributed by atoms with E-state index in [1.54, 1.807) is 23.9 Å². The molecule has 0 aromatic heterocycles. The van der Waals surface area contributed by atoms with Crippen molar-refractivity contribution in [2.75, 3.05) is 0 Å². The van der Waals surface area contributed by atoms with E-state index in [0.717, 1.165) is 12.0 Å². The predicted octanol–water partition coefficient (Wildman–Crippen LogP) is 4.48. The maximum Gasteiger partial charge on any atom is 0.155 e. The average molecular weight is 323 g/mol. The summed E-state index contributed by atoms with van der Waals surface area (Å²) in [6, 6.07) is 16.8. The number of hydrogen-bond donors (Lipinski definition) is 1. The molecule has 2 aromatic carbocycles. The molecule has 5 heteroatoms. The number of nitrogens with two attached hydrogens (primary N) is 1. The normalized spacial score (nSPS) is 21.3. The third-order valence-corrected chi connectivity index (χ3v) is 4.51. The van der Waals surface area contributed by atoms with Gasteiger partial charge in [0, 0.05) is 5.25 Å². The van der Waals surface area contributed by atoms with Gasteiger partial charge in [-0.1, -0.05) is 54.2 Å². The summed E-state index contributed by atoms with van der Waals surface area (Å²) in [6.07, 6.45) is 0.876. The van der Waals surface area contributed by atoms with Crippen molar-refractivity contribution >= 4 is 29.3 Å². The van der Waals surface area contributed by atoms with E-state index in [2.05, 4.69) is 17.1 Å². The fourth-order valence-electron chi connectivity index (χ4n) is 2.40. The molecule has 1 heterocycles. The molecule has 2 atom stereocenters. The van der Waals surface area contributed by atoms with E-state index in [1.165, 1.54) is 17.7 Å². The predicted molar refractivity (Wildman–Crippen MR) is 89.4 cm³/mol. The van der Waals surface area contributed by atoms with Crippen molar-refractivity contribution in [3.8, 4) is 0 Å². The molecule has 0 saturated carbocycles. The van der Waals surface area contributed by atoms with Gasteiger partial charge in [0.2, 0.25) is 0 Å². The molecule has 0 unspecified atom stereocenters. The quantitative estimate of drug-likeness (QED) is 0.885. The molecule has 2 nitrogen and oxygen atoms in total. The van der Waals surface area contributed by atoms with Crippen molar-refractivity contribution in [3.05, 3.63) is 71.5 Å². The molecule has 2 aromatic rings. The Bertz CT molecular complexity index is 616. The number of halogens is 2. The molecule has 3 rings (SSSR count). The highest BCUT2D eigenvalue weighted by molar-refractivity contribution is 8.14. The zero-order chi connectivity index (χ0) is 13.9. The Morgan fingerprint density at radius 3 is 2.33 bits per heavy atom. The number of aliphatic imine (C=N–C) groups is 1. The van der Waals surface area contributed by atoms with Gasteiger partial charge in [0.25, 0.3) is 0 Å². The summed E-state index contributed by atoms with van der Waals surface area (Å²) < 4.78 is 13.0. The van der Waals surface area contributed by atoms with Crippen LogP contribution in [0.4, 0.5) is 4.39 Å². The van der Waals surface area contributed by atoms with E-state index in [9.17, 15) is 4.39 Å². The van der Waals surface area contributed by atoms with E-state index < -0.39 is 0 Å². The first-order valence-electron chi connectivity index (χ1n) is 6.53. The zero-order valence-electron chi connectivity index (χ0n) is 11.3. The van der Waals surface area contributed by atoms with E-state index in [4.69, 9.17) is 5.73 Å². The molecule has 110 valence electrons. The number of amidine groups is 1. The van der Waals surface area contributed by atoms with Crippen LogP contribution in [0, 0.1) is 5.82 Å². The summed E-state index contributed by atoms with van der Waals surface area (Å²) in [4.78, 5) is 4.49. The summed E-state index contributed by atoms with van der Waals surface area (Å²) >= 11 is 1.59. The van der Waals surface area contributed by atoms with Crippen LogP contribution in [0.15, 0.2) is 59.6 Å². The van der Waals surface area contributed by atoms with E-state index in [-0.39, 0.29) is 24.3 Å². The van der Waals surface area contributed by atoms with Crippen LogP contribution in [0.5, 0.6) is 0 Å². The first kappa shape index (κ1) is 15.9. The lowest BCUT2D eigenvalue weighted by Crippen LogP contribution is -2.18. The van der Waals surface area contributed by atoms with E-state index >= 15 is 0 Å². The fourth-order valence-corrected chi connectivity index (χ4v) is 3.45. The second kappa shape index (κ2) is 6.96. The third kappa shape index (κ3) is 3.77. The molecule has 0 saturated heterocycles. The maximum atomic E-state index is 13.0. The van der Waals surface area contributed by atoms with Gasteiger partial charge in [0.05, 0.1) is 6.04 Å². The van der Waals surface area contributed by atoms with Crippen LogP contribution >= 0.6 is 24.2 Å². The lowest BCUT2D eigenvalue weighted by atomic mass is 9.99. The van der Waals surface area contributed by atoms with Gasteiger partial charge >= 0.3 is 0 Å². The van der Waals surface area contributed by atoms with Crippen molar-refractivity contribution in [2.24, 2.45) is 10.7 Å². The number of hydrogen-bond acceptors (Lipinski definition) is 3. The minimum Gasteiger partial charge on any atom is -0.379 e.